The van der Waals surface area contributed by atoms with Crippen LogP contribution in [0.3, 0.4) is 0 Å². The lowest BCUT2D eigenvalue weighted by Crippen LogP contribution is -2.45. The highest BCUT2D eigenvalue weighted by molar-refractivity contribution is 6.30. The Hall–Kier alpha value is -2.15. The Morgan fingerprint density at radius 1 is 1.48 bits per heavy atom. The molecule has 2 aromatic heterocycles. The van der Waals surface area contributed by atoms with Crippen LogP contribution in [-0.2, 0) is 4.79 Å². The summed E-state index contributed by atoms with van der Waals surface area (Å²) in [5, 5.41) is 5.20. The molecule has 0 saturated heterocycles. The van der Waals surface area contributed by atoms with Crippen molar-refractivity contribution in [3.8, 4) is 0 Å². The Morgan fingerprint density at radius 2 is 2.19 bits per heavy atom. The number of aromatic nitrogens is 2. The van der Waals surface area contributed by atoms with Crippen molar-refractivity contribution in [3.05, 3.63) is 35.0 Å². The molecular formula is C13H14ClFN4O2. The van der Waals surface area contributed by atoms with Gasteiger partial charge in [0.1, 0.15) is 11.7 Å². The Balaban J connectivity index is 2.31. The summed E-state index contributed by atoms with van der Waals surface area (Å²) in [7, 11) is 1.46. The van der Waals surface area contributed by atoms with E-state index < -0.39 is 17.9 Å². The van der Waals surface area contributed by atoms with Crippen LogP contribution in [0.5, 0.6) is 0 Å². The predicted octanol–water partition coefficient (Wildman–Crippen LogP) is 1.38. The third-order valence-corrected chi connectivity index (χ3v) is 3.24. The normalized spacial score (nSPS) is 12.2. The minimum absolute atomic E-state index is 0.259. The molecule has 0 aliphatic rings. The van der Waals surface area contributed by atoms with Gasteiger partial charge in [0.25, 0.3) is 5.91 Å². The fourth-order valence-corrected chi connectivity index (χ4v) is 2.05. The van der Waals surface area contributed by atoms with Gasteiger partial charge in [-0.25, -0.2) is 4.98 Å². The van der Waals surface area contributed by atoms with Gasteiger partial charge >= 0.3 is 0 Å². The molecule has 6 nitrogen and oxygen atoms in total. The van der Waals surface area contributed by atoms with E-state index in [9.17, 15) is 14.0 Å². The van der Waals surface area contributed by atoms with Crippen molar-refractivity contribution < 1.29 is 14.0 Å². The zero-order valence-electron chi connectivity index (χ0n) is 11.5. The maximum Gasteiger partial charge on any atom is 0.275 e. The van der Waals surface area contributed by atoms with Gasteiger partial charge in [-0.05, 0) is 18.6 Å². The molecule has 1 atom stereocenters. The number of fused-ring (bicyclic) bond motifs is 1. The van der Waals surface area contributed by atoms with Crippen molar-refractivity contribution in [2.24, 2.45) is 0 Å². The van der Waals surface area contributed by atoms with Crippen LogP contribution in [0.2, 0.25) is 5.02 Å². The quantitative estimate of drug-likeness (QED) is 0.895. The topological polar surface area (TPSA) is 75.5 Å². The third-order valence-electron chi connectivity index (χ3n) is 3.02. The number of amides is 2. The van der Waals surface area contributed by atoms with Gasteiger partial charge in [0.2, 0.25) is 11.9 Å². The summed E-state index contributed by atoms with van der Waals surface area (Å²) in [6.45, 7) is 1.74. The molecular weight excluding hydrogens is 299 g/mol. The maximum absolute atomic E-state index is 14.2. The van der Waals surface area contributed by atoms with Crippen LogP contribution < -0.4 is 10.6 Å². The van der Waals surface area contributed by atoms with Gasteiger partial charge in [0.05, 0.1) is 5.02 Å². The van der Waals surface area contributed by atoms with E-state index in [2.05, 4.69) is 15.6 Å². The molecule has 0 fully saturated rings. The summed E-state index contributed by atoms with van der Waals surface area (Å²) in [5.74, 6) is -1.92. The van der Waals surface area contributed by atoms with Crippen LogP contribution in [0.4, 0.5) is 4.39 Å². The second kappa shape index (κ2) is 6.09. The standard InChI is InChI=1S/C13H14ClFN4O2/c1-3-8(12(20)16-2)17-13(21)10-11(15)19-6-7(14)4-5-9(19)18-10/h4-6,8H,3H2,1-2H3,(H,16,20)(H,17,21)/t8-/m1/s1. The average Bonchev–Trinajstić information content (AvgIpc) is 2.80. The molecule has 2 aromatic rings. The summed E-state index contributed by atoms with van der Waals surface area (Å²) >= 11 is 5.78. The van der Waals surface area contributed by atoms with E-state index in [0.717, 1.165) is 4.40 Å². The van der Waals surface area contributed by atoms with E-state index in [-0.39, 0.29) is 17.2 Å². The van der Waals surface area contributed by atoms with Gasteiger partial charge in [-0.1, -0.05) is 18.5 Å². The third kappa shape index (κ3) is 2.97. The van der Waals surface area contributed by atoms with Gasteiger partial charge in [0.15, 0.2) is 5.69 Å². The van der Waals surface area contributed by atoms with Crippen LogP contribution in [-0.4, -0.2) is 34.3 Å². The van der Waals surface area contributed by atoms with Gasteiger partial charge in [-0.2, -0.15) is 4.39 Å². The number of likely N-dealkylation sites (N-methyl/N-ethyl adjacent to an activating group) is 1. The highest BCUT2D eigenvalue weighted by Gasteiger charge is 2.24. The van der Waals surface area contributed by atoms with Crippen molar-refractivity contribution in [1.29, 1.82) is 0 Å². The number of nitrogens with one attached hydrogen (secondary N) is 2. The predicted molar refractivity (Wildman–Crippen MR) is 75.8 cm³/mol. The number of carbonyl (C=O) groups excluding carboxylic acids is 2. The number of nitrogens with zero attached hydrogens (tertiary/aromatic N) is 2. The van der Waals surface area contributed by atoms with Crippen molar-refractivity contribution >= 4 is 29.1 Å². The van der Waals surface area contributed by atoms with E-state index in [1.165, 1.54) is 19.3 Å². The monoisotopic (exact) mass is 312 g/mol. The van der Waals surface area contributed by atoms with Crippen LogP contribution in [0, 0.1) is 5.95 Å². The maximum atomic E-state index is 14.2. The Labute approximate surface area is 125 Å². The lowest BCUT2D eigenvalue weighted by Gasteiger charge is -2.14. The fraction of sp³-hybridized carbons (Fsp3) is 0.308. The van der Waals surface area contributed by atoms with Gasteiger partial charge in [-0.3, -0.25) is 14.0 Å². The number of hydrogen-bond donors (Lipinski definition) is 2. The number of pyridine rings is 1. The minimum atomic E-state index is -0.822. The summed E-state index contributed by atoms with van der Waals surface area (Å²) in [4.78, 5) is 27.5. The Bertz CT molecular complexity index is 701. The van der Waals surface area contributed by atoms with Crippen LogP contribution in [0.25, 0.3) is 5.65 Å². The number of hydrogen-bond acceptors (Lipinski definition) is 3. The highest BCUT2D eigenvalue weighted by Crippen LogP contribution is 2.15. The molecule has 2 amide bonds. The van der Waals surface area contributed by atoms with Crippen molar-refractivity contribution in [3.63, 3.8) is 0 Å². The molecule has 0 saturated carbocycles. The first-order valence-corrected chi connectivity index (χ1v) is 6.71. The molecule has 0 aliphatic carbocycles. The average molecular weight is 313 g/mol. The van der Waals surface area contributed by atoms with E-state index in [1.807, 2.05) is 0 Å². The highest BCUT2D eigenvalue weighted by atomic mass is 35.5. The van der Waals surface area contributed by atoms with E-state index >= 15 is 0 Å². The number of carbonyl (C=O) groups is 2. The Morgan fingerprint density at radius 3 is 2.81 bits per heavy atom. The molecule has 0 spiro atoms. The smallest absolute Gasteiger partial charge is 0.275 e. The van der Waals surface area contributed by atoms with Gasteiger partial charge < -0.3 is 10.6 Å². The first kappa shape index (κ1) is 15.2. The number of halogens is 2. The van der Waals surface area contributed by atoms with Crippen LogP contribution >= 0.6 is 11.6 Å². The summed E-state index contributed by atoms with van der Waals surface area (Å²) in [6, 6.07) is 2.30. The second-order valence-electron chi connectivity index (χ2n) is 4.38. The van der Waals surface area contributed by atoms with Crippen molar-refractivity contribution in [2.75, 3.05) is 7.05 Å². The van der Waals surface area contributed by atoms with Crippen LogP contribution in [0.1, 0.15) is 23.8 Å². The molecule has 112 valence electrons. The number of rotatable bonds is 4. The van der Waals surface area contributed by atoms with E-state index in [4.69, 9.17) is 11.6 Å². The molecule has 0 aliphatic heterocycles. The molecule has 21 heavy (non-hydrogen) atoms. The summed E-state index contributed by atoms with van der Waals surface area (Å²) in [6.07, 6.45) is 1.71. The molecule has 2 N–H and O–H groups in total. The van der Waals surface area contributed by atoms with E-state index in [0.29, 0.717) is 11.4 Å². The summed E-state index contributed by atoms with van der Waals surface area (Å²) in [5.41, 5.74) is -0.116. The first-order valence-electron chi connectivity index (χ1n) is 6.33. The molecule has 0 aromatic carbocycles. The molecule has 8 heteroatoms. The molecule has 0 unspecified atom stereocenters. The molecule has 0 bridgehead atoms. The first-order chi connectivity index (χ1) is 9.97. The number of imidazole rings is 1. The molecule has 2 heterocycles. The SMILES string of the molecule is CC[C@@H](NC(=O)c1nc2ccc(Cl)cn2c1F)C(=O)NC. The van der Waals surface area contributed by atoms with Gasteiger partial charge in [0, 0.05) is 13.2 Å². The lowest BCUT2D eigenvalue weighted by molar-refractivity contribution is -0.122. The molecule has 2 rings (SSSR count). The van der Waals surface area contributed by atoms with E-state index in [1.54, 1.807) is 13.0 Å². The lowest BCUT2D eigenvalue weighted by atomic mass is 10.2. The largest absolute Gasteiger partial charge is 0.357 e. The second-order valence-corrected chi connectivity index (χ2v) is 4.81. The van der Waals surface area contributed by atoms with Crippen molar-refractivity contribution in [1.82, 2.24) is 20.0 Å². The van der Waals surface area contributed by atoms with Crippen LogP contribution in [0.15, 0.2) is 18.3 Å². The zero-order chi connectivity index (χ0) is 15.6. The zero-order valence-corrected chi connectivity index (χ0v) is 12.2. The van der Waals surface area contributed by atoms with Gasteiger partial charge in [-0.15, -0.1) is 0 Å². The minimum Gasteiger partial charge on any atom is -0.357 e. The fourth-order valence-electron chi connectivity index (χ4n) is 1.89. The Kier molecular flexibility index (Phi) is 4.42. The molecule has 0 radical (unpaired) electrons. The summed E-state index contributed by atoms with van der Waals surface area (Å²) < 4.78 is 15.3. The van der Waals surface area contributed by atoms with Crippen molar-refractivity contribution in [2.45, 2.75) is 19.4 Å².